The van der Waals surface area contributed by atoms with Crippen LogP contribution in [-0.2, 0) is 11.2 Å². The molecule has 1 aliphatic carbocycles. The monoisotopic (exact) mass is 366 g/mol. The van der Waals surface area contributed by atoms with Gasteiger partial charge in [-0.2, -0.15) is 0 Å². The zero-order valence-corrected chi connectivity index (χ0v) is 15.2. The van der Waals surface area contributed by atoms with Crippen molar-refractivity contribution in [3.05, 3.63) is 53.6 Å². The van der Waals surface area contributed by atoms with Gasteiger partial charge in [-0.05, 0) is 67.3 Å². The molecule has 1 aliphatic heterocycles. The van der Waals surface area contributed by atoms with Crippen LogP contribution in [0.1, 0.15) is 28.8 Å². The highest BCUT2D eigenvalue weighted by Gasteiger charge is 2.30. The van der Waals surface area contributed by atoms with E-state index in [9.17, 15) is 9.59 Å². The zero-order chi connectivity index (χ0) is 18.8. The van der Waals surface area contributed by atoms with Gasteiger partial charge in [0.15, 0.2) is 0 Å². The first-order chi connectivity index (χ1) is 13.1. The van der Waals surface area contributed by atoms with E-state index in [2.05, 4.69) is 10.6 Å². The van der Waals surface area contributed by atoms with Crippen LogP contribution in [0.25, 0.3) is 0 Å². The molecule has 6 nitrogen and oxygen atoms in total. The summed E-state index contributed by atoms with van der Waals surface area (Å²) in [7, 11) is 1.59. The summed E-state index contributed by atoms with van der Waals surface area (Å²) >= 11 is 0. The minimum absolute atomic E-state index is 0.0517. The van der Waals surface area contributed by atoms with Crippen LogP contribution in [0.15, 0.2) is 42.5 Å². The molecule has 0 bridgehead atoms. The molecule has 0 radical (unpaired) electrons. The van der Waals surface area contributed by atoms with Crippen LogP contribution < -0.4 is 20.1 Å². The van der Waals surface area contributed by atoms with Gasteiger partial charge in [-0.15, -0.1) is 0 Å². The average Bonchev–Trinajstić information content (AvgIpc) is 3.51. The number of nitrogens with one attached hydrogen (secondary N) is 2. The van der Waals surface area contributed by atoms with Crippen molar-refractivity contribution in [3.63, 3.8) is 0 Å². The van der Waals surface area contributed by atoms with Crippen molar-refractivity contribution in [2.75, 3.05) is 19.0 Å². The fraction of sp³-hybridized carbons (Fsp3) is 0.333. The van der Waals surface area contributed by atoms with Gasteiger partial charge in [0, 0.05) is 17.3 Å². The molecule has 140 valence electrons. The number of ether oxygens (including phenoxy) is 2. The predicted octanol–water partition coefficient (Wildman–Crippen LogP) is 2.78. The molecule has 2 aliphatic rings. The third-order valence-corrected chi connectivity index (χ3v) is 4.87. The van der Waals surface area contributed by atoms with E-state index in [1.54, 1.807) is 31.4 Å². The van der Waals surface area contributed by atoms with Crippen molar-refractivity contribution in [1.82, 2.24) is 5.32 Å². The Morgan fingerprint density at radius 3 is 2.59 bits per heavy atom. The summed E-state index contributed by atoms with van der Waals surface area (Å²) in [6, 6.07) is 12.8. The SMILES string of the molecule is COc1ccc(C(=O)Nc2ccc3c(c2)C[C@H](C(=O)NC2CC2)CO3)cc1. The number of amides is 2. The van der Waals surface area contributed by atoms with Crippen molar-refractivity contribution in [2.24, 2.45) is 5.92 Å². The van der Waals surface area contributed by atoms with Gasteiger partial charge in [-0.25, -0.2) is 0 Å². The second kappa shape index (κ2) is 7.31. The molecule has 6 heteroatoms. The molecule has 1 fully saturated rings. The summed E-state index contributed by atoms with van der Waals surface area (Å²) < 4.78 is 10.9. The van der Waals surface area contributed by atoms with E-state index in [0.29, 0.717) is 36.1 Å². The van der Waals surface area contributed by atoms with Crippen LogP contribution in [0.4, 0.5) is 5.69 Å². The maximum absolute atomic E-state index is 12.4. The molecule has 2 N–H and O–H groups in total. The van der Waals surface area contributed by atoms with Crippen molar-refractivity contribution in [1.29, 1.82) is 0 Å². The number of fused-ring (bicyclic) bond motifs is 1. The number of methoxy groups -OCH3 is 1. The van der Waals surface area contributed by atoms with E-state index in [-0.39, 0.29) is 17.7 Å². The number of carbonyl (C=O) groups is 2. The Hall–Kier alpha value is -3.02. The lowest BCUT2D eigenvalue weighted by molar-refractivity contribution is -0.126. The highest BCUT2D eigenvalue weighted by molar-refractivity contribution is 6.04. The molecular weight excluding hydrogens is 344 g/mol. The maximum atomic E-state index is 12.4. The lowest BCUT2D eigenvalue weighted by Crippen LogP contribution is -2.38. The third kappa shape index (κ3) is 4.05. The number of hydrogen-bond acceptors (Lipinski definition) is 4. The van der Waals surface area contributed by atoms with Gasteiger partial charge in [0.25, 0.3) is 5.91 Å². The summed E-state index contributed by atoms with van der Waals surface area (Å²) in [5.41, 5.74) is 2.16. The van der Waals surface area contributed by atoms with E-state index in [0.717, 1.165) is 24.2 Å². The lowest BCUT2D eigenvalue weighted by Gasteiger charge is -2.25. The quantitative estimate of drug-likeness (QED) is 0.853. The first-order valence-corrected chi connectivity index (χ1v) is 9.14. The molecule has 1 heterocycles. The van der Waals surface area contributed by atoms with Crippen LogP contribution in [0.5, 0.6) is 11.5 Å². The van der Waals surface area contributed by atoms with E-state index in [1.165, 1.54) is 0 Å². The van der Waals surface area contributed by atoms with Crippen LogP contribution in [-0.4, -0.2) is 31.6 Å². The van der Waals surface area contributed by atoms with Gasteiger partial charge < -0.3 is 20.1 Å². The third-order valence-electron chi connectivity index (χ3n) is 4.87. The molecule has 0 unspecified atom stereocenters. The zero-order valence-electron chi connectivity index (χ0n) is 15.2. The highest BCUT2D eigenvalue weighted by atomic mass is 16.5. The first-order valence-electron chi connectivity index (χ1n) is 9.14. The first kappa shape index (κ1) is 17.4. The highest BCUT2D eigenvalue weighted by Crippen LogP contribution is 2.31. The van der Waals surface area contributed by atoms with Crippen molar-refractivity contribution < 1.29 is 19.1 Å². The van der Waals surface area contributed by atoms with Crippen molar-refractivity contribution in [3.8, 4) is 11.5 Å². The fourth-order valence-electron chi connectivity index (χ4n) is 3.13. The second-order valence-corrected chi connectivity index (χ2v) is 7.00. The van der Waals surface area contributed by atoms with Gasteiger partial charge in [-0.3, -0.25) is 9.59 Å². The van der Waals surface area contributed by atoms with Gasteiger partial charge in [0.05, 0.1) is 13.0 Å². The second-order valence-electron chi connectivity index (χ2n) is 7.00. The van der Waals surface area contributed by atoms with Crippen LogP contribution in [0.3, 0.4) is 0 Å². The molecule has 1 saturated carbocycles. The number of hydrogen-bond donors (Lipinski definition) is 2. The lowest BCUT2D eigenvalue weighted by atomic mass is 9.95. The molecule has 0 saturated heterocycles. The Morgan fingerprint density at radius 2 is 1.89 bits per heavy atom. The van der Waals surface area contributed by atoms with E-state index < -0.39 is 0 Å². The average molecular weight is 366 g/mol. The van der Waals surface area contributed by atoms with Crippen LogP contribution >= 0.6 is 0 Å². The molecule has 2 aromatic rings. The Balaban J connectivity index is 1.43. The number of anilines is 1. The molecule has 0 spiro atoms. The standard InChI is InChI=1S/C21H22N2O4/c1-26-18-7-2-13(3-8-18)20(24)23-17-6-9-19-14(11-17)10-15(12-27-19)21(25)22-16-4-5-16/h2-3,6-9,11,15-16H,4-5,10,12H2,1H3,(H,22,25)(H,23,24)/t15-/m0/s1. The Morgan fingerprint density at radius 1 is 1.11 bits per heavy atom. The molecule has 1 atom stereocenters. The van der Waals surface area contributed by atoms with Crippen LogP contribution in [0, 0.1) is 5.92 Å². The smallest absolute Gasteiger partial charge is 0.255 e. The van der Waals surface area contributed by atoms with Crippen molar-refractivity contribution >= 4 is 17.5 Å². The topological polar surface area (TPSA) is 76.7 Å². The Bertz CT molecular complexity index is 859. The fourth-order valence-corrected chi connectivity index (χ4v) is 3.13. The normalized spacial score (nSPS) is 18.0. The molecule has 2 amide bonds. The van der Waals surface area contributed by atoms with Gasteiger partial charge in [0.2, 0.25) is 5.91 Å². The molecular formula is C21H22N2O4. The summed E-state index contributed by atoms with van der Waals surface area (Å²) in [6.45, 7) is 0.392. The van der Waals surface area contributed by atoms with E-state index >= 15 is 0 Å². The van der Waals surface area contributed by atoms with Gasteiger partial charge in [0.1, 0.15) is 18.1 Å². The summed E-state index contributed by atoms with van der Waals surface area (Å²) in [5.74, 6) is 1.14. The predicted molar refractivity (Wildman–Crippen MR) is 101 cm³/mol. The Labute approximate surface area is 157 Å². The molecule has 0 aromatic heterocycles. The van der Waals surface area contributed by atoms with Crippen molar-refractivity contribution in [2.45, 2.75) is 25.3 Å². The number of benzene rings is 2. The molecule has 4 rings (SSSR count). The largest absolute Gasteiger partial charge is 0.497 e. The van der Waals surface area contributed by atoms with Gasteiger partial charge in [-0.1, -0.05) is 0 Å². The van der Waals surface area contributed by atoms with E-state index in [4.69, 9.17) is 9.47 Å². The molecule has 2 aromatic carbocycles. The minimum Gasteiger partial charge on any atom is -0.497 e. The maximum Gasteiger partial charge on any atom is 0.255 e. The summed E-state index contributed by atoms with van der Waals surface area (Å²) in [5, 5.41) is 5.93. The summed E-state index contributed by atoms with van der Waals surface area (Å²) in [4.78, 5) is 24.7. The van der Waals surface area contributed by atoms with Crippen LogP contribution in [0.2, 0.25) is 0 Å². The van der Waals surface area contributed by atoms with Gasteiger partial charge >= 0.3 is 0 Å². The van der Waals surface area contributed by atoms with E-state index in [1.807, 2.05) is 18.2 Å². The number of rotatable bonds is 5. The number of carbonyl (C=O) groups excluding carboxylic acids is 2. The summed E-state index contributed by atoms with van der Waals surface area (Å²) in [6.07, 6.45) is 2.75. The minimum atomic E-state index is -0.197. The Kier molecular flexibility index (Phi) is 4.71. The molecule has 27 heavy (non-hydrogen) atoms.